The fraction of sp³-hybridized carbons (Fsp3) is 1.00. The summed E-state index contributed by atoms with van der Waals surface area (Å²) in [4.78, 5) is 2.39. The molecule has 0 aliphatic heterocycles. The maximum Gasteiger partial charge on any atom is 0.0597 e. The molecule has 0 saturated carbocycles. The van der Waals surface area contributed by atoms with Crippen LogP contribution in [0, 0.1) is 0 Å². The van der Waals surface area contributed by atoms with Gasteiger partial charge in [0, 0.05) is 18.6 Å². The van der Waals surface area contributed by atoms with Gasteiger partial charge in [-0.1, -0.05) is 13.8 Å². The van der Waals surface area contributed by atoms with Crippen molar-refractivity contribution in [2.24, 2.45) is 0 Å². The number of nitrogens with zero attached hydrogens (tertiary/aromatic N) is 1. The molecule has 0 aliphatic carbocycles. The van der Waals surface area contributed by atoms with Gasteiger partial charge in [0.25, 0.3) is 0 Å². The number of hydrogen-bond acceptors (Lipinski definition) is 3. The van der Waals surface area contributed by atoms with E-state index in [1.54, 1.807) is 0 Å². The highest BCUT2D eigenvalue weighted by Gasteiger charge is 2.14. The minimum absolute atomic E-state index is 0.203. The number of rotatable bonds is 7. The molecule has 2 N–H and O–H groups in total. The van der Waals surface area contributed by atoms with Crippen molar-refractivity contribution >= 4 is 0 Å². The number of likely N-dealkylation sites (N-methyl/N-ethyl adjacent to an activating group) is 2. The fourth-order valence-electron chi connectivity index (χ4n) is 1.40. The molecule has 0 spiro atoms. The summed E-state index contributed by atoms with van der Waals surface area (Å²) in [6.45, 7) is 8.78. The highest BCUT2D eigenvalue weighted by atomic mass is 16.3. The summed E-state index contributed by atoms with van der Waals surface area (Å²) in [6.07, 6.45) is 1.16. The van der Waals surface area contributed by atoms with Crippen LogP contribution in [0.25, 0.3) is 0 Å². The average Bonchev–Trinajstić information content (AvgIpc) is 2.19. The van der Waals surface area contributed by atoms with E-state index in [0.717, 1.165) is 19.5 Å². The van der Waals surface area contributed by atoms with E-state index in [1.807, 2.05) is 7.05 Å². The monoisotopic (exact) mass is 188 g/mol. The molecule has 80 valence electrons. The lowest BCUT2D eigenvalue weighted by Gasteiger charge is -2.30. The second-order valence-corrected chi connectivity index (χ2v) is 3.51. The van der Waals surface area contributed by atoms with Gasteiger partial charge in [0.15, 0.2) is 0 Å². The number of aliphatic hydroxyl groups excluding tert-OH is 1. The summed E-state index contributed by atoms with van der Waals surface area (Å²) in [7, 11) is 1.89. The number of nitrogens with one attached hydrogen (secondary N) is 1. The molecule has 0 bridgehead atoms. The molecular weight excluding hydrogens is 164 g/mol. The molecule has 13 heavy (non-hydrogen) atoms. The van der Waals surface area contributed by atoms with Crippen molar-refractivity contribution in [2.75, 3.05) is 26.7 Å². The van der Waals surface area contributed by atoms with Gasteiger partial charge in [-0.3, -0.25) is 4.90 Å². The van der Waals surface area contributed by atoms with Gasteiger partial charge in [-0.15, -0.1) is 0 Å². The minimum Gasteiger partial charge on any atom is -0.395 e. The Balaban J connectivity index is 3.94. The van der Waals surface area contributed by atoms with Crippen LogP contribution in [0.3, 0.4) is 0 Å². The normalized spacial score (nSPS) is 16.2. The summed E-state index contributed by atoms with van der Waals surface area (Å²) in [5.74, 6) is 0. The third-order valence-electron chi connectivity index (χ3n) is 2.70. The Morgan fingerprint density at radius 2 is 2.00 bits per heavy atom. The van der Waals surface area contributed by atoms with Crippen molar-refractivity contribution in [3.8, 4) is 0 Å². The first-order valence-corrected chi connectivity index (χ1v) is 5.21. The van der Waals surface area contributed by atoms with Crippen molar-refractivity contribution in [1.82, 2.24) is 10.2 Å². The Morgan fingerprint density at radius 3 is 2.31 bits per heavy atom. The van der Waals surface area contributed by atoms with E-state index in [2.05, 4.69) is 31.0 Å². The maximum atomic E-state index is 9.04. The van der Waals surface area contributed by atoms with E-state index in [4.69, 9.17) is 5.11 Å². The van der Waals surface area contributed by atoms with E-state index in [1.165, 1.54) is 0 Å². The van der Waals surface area contributed by atoms with E-state index >= 15 is 0 Å². The standard InChI is InChI=1S/C10H24N2O/c1-5-9(3)12(6-2)7-10(8-13)11-4/h9-11,13H,5-8H2,1-4H3. The van der Waals surface area contributed by atoms with Crippen molar-refractivity contribution in [1.29, 1.82) is 0 Å². The Kier molecular flexibility index (Phi) is 7.23. The van der Waals surface area contributed by atoms with Crippen LogP contribution in [-0.4, -0.2) is 48.8 Å². The summed E-state index contributed by atoms with van der Waals surface area (Å²) in [5, 5.41) is 12.1. The molecule has 0 heterocycles. The van der Waals surface area contributed by atoms with Crippen molar-refractivity contribution < 1.29 is 5.11 Å². The maximum absolute atomic E-state index is 9.04. The van der Waals surface area contributed by atoms with Gasteiger partial charge in [-0.05, 0) is 26.9 Å². The Labute approximate surface area is 82.1 Å². The second kappa shape index (κ2) is 7.30. The highest BCUT2D eigenvalue weighted by Crippen LogP contribution is 2.03. The molecule has 3 nitrogen and oxygen atoms in total. The van der Waals surface area contributed by atoms with Gasteiger partial charge in [-0.25, -0.2) is 0 Å². The highest BCUT2D eigenvalue weighted by molar-refractivity contribution is 4.72. The largest absolute Gasteiger partial charge is 0.395 e. The van der Waals surface area contributed by atoms with E-state index in [0.29, 0.717) is 6.04 Å². The predicted molar refractivity (Wildman–Crippen MR) is 56.9 cm³/mol. The minimum atomic E-state index is 0.203. The molecular formula is C10H24N2O. The summed E-state index contributed by atoms with van der Waals surface area (Å²) in [6, 6.07) is 0.807. The van der Waals surface area contributed by atoms with Crippen LogP contribution < -0.4 is 5.32 Å². The van der Waals surface area contributed by atoms with E-state index in [-0.39, 0.29) is 12.6 Å². The van der Waals surface area contributed by atoms with Crippen molar-refractivity contribution in [2.45, 2.75) is 39.3 Å². The molecule has 0 rings (SSSR count). The summed E-state index contributed by atoms with van der Waals surface area (Å²) >= 11 is 0. The van der Waals surface area contributed by atoms with Gasteiger partial charge in [0.05, 0.1) is 6.61 Å². The second-order valence-electron chi connectivity index (χ2n) is 3.51. The van der Waals surface area contributed by atoms with E-state index < -0.39 is 0 Å². The third kappa shape index (κ3) is 4.60. The molecule has 0 saturated heterocycles. The van der Waals surface area contributed by atoms with Crippen LogP contribution in [0.5, 0.6) is 0 Å². The van der Waals surface area contributed by atoms with Crippen LogP contribution >= 0.6 is 0 Å². The molecule has 2 atom stereocenters. The zero-order valence-electron chi connectivity index (χ0n) is 9.38. The van der Waals surface area contributed by atoms with Gasteiger partial charge < -0.3 is 10.4 Å². The smallest absolute Gasteiger partial charge is 0.0597 e. The van der Waals surface area contributed by atoms with Crippen LogP contribution in [0.15, 0.2) is 0 Å². The fourth-order valence-corrected chi connectivity index (χ4v) is 1.40. The molecule has 0 aliphatic rings. The lowest BCUT2D eigenvalue weighted by Crippen LogP contribution is -2.45. The van der Waals surface area contributed by atoms with Crippen LogP contribution in [0.1, 0.15) is 27.2 Å². The van der Waals surface area contributed by atoms with Gasteiger partial charge in [-0.2, -0.15) is 0 Å². The molecule has 0 aromatic carbocycles. The van der Waals surface area contributed by atoms with Gasteiger partial charge >= 0.3 is 0 Å². The van der Waals surface area contributed by atoms with Crippen LogP contribution in [-0.2, 0) is 0 Å². The summed E-state index contributed by atoms with van der Waals surface area (Å²) in [5.41, 5.74) is 0. The first-order chi connectivity index (χ1) is 6.19. The van der Waals surface area contributed by atoms with Gasteiger partial charge in [0.2, 0.25) is 0 Å². The predicted octanol–water partition coefficient (Wildman–Crippen LogP) is 0.687. The first-order valence-electron chi connectivity index (χ1n) is 5.21. The number of hydrogen-bond donors (Lipinski definition) is 2. The molecule has 0 aromatic heterocycles. The molecule has 0 fully saturated rings. The van der Waals surface area contributed by atoms with Crippen LogP contribution in [0.4, 0.5) is 0 Å². The molecule has 2 unspecified atom stereocenters. The molecule has 3 heteroatoms. The zero-order valence-corrected chi connectivity index (χ0v) is 9.38. The Hall–Kier alpha value is -0.120. The average molecular weight is 188 g/mol. The van der Waals surface area contributed by atoms with Crippen molar-refractivity contribution in [3.63, 3.8) is 0 Å². The molecule has 0 aromatic rings. The summed E-state index contributed by atoms with van der Waals surface area (Å²) < 4.78 is 0. The third-order valence-corrected chi connectivity index (χ3v) is 2.70. The SMILES string of the molecule is CCC(C)N(CC)CC(CO)NC. The quantitative estimate of drug-likeness (QED) is 0.617. The van der Waals surface area contributed by atoms with Gasteiger partial charge in [0.1, 0.15) is 0 Å². The van der Waals surface area contributed by atoms with E-state index in [9.17, 15) is 0 Å². The molecule has 0 radical (unpaired) electrons. The topological polar surface area (TPSA) is 35.5 Å². The first kappa shape index (κ1) is 12.9. The Morgan fingerprint density at radius 1 is 1.38 bits per heavy atom. The lowest BCUT2D eigenvalue weighted by atomic mass is 10.2. The lowest BCUT2D eigenvalue weighted by molar-refractivity contribution is 0.157. The molecule has 0 amide bonds. The van der Waals surface area contributed by atoms with Crippen molar-refractivity contribution in [3.05, 3.63) is 0 Å². The Bertz CT molecular complexity index is 115. The zero-order chi connectivity index (χ0) is 10.3. The van der Waals surface area contributed by atoms with Crippen LogP contribution in [0.2, 0.25) is 0 Å². The number of aliphatic hydroxyl groups is 1.